The summed E-state index contributed by atoms with van der Waals surface area (Å²) < 4.78 is 5.36. The summed E-state index contributed by atoms with van der Waals surface area (Å²) in [5.74, 6) is -1.63. The van der Waals surface area contributed by atoms with Crippen molar-refractivity contribution in [2.75, 3.05) is 13.2 Å². The topological polar surface area (TPSA) is 108 Å². The molecule has 0 fully saturated rings. The number of carboxylic acid groups (broad SMARTS) is 1. The van der Waals surface area contributed by atoms with Crippen LogP contribution in [-0.4, -0.2) is 40.9 Å². The Labute approximate surface area is 151 Å². The van der Waals surface area contributed by atoms with Gasteiger partial charge in [0.15, 0.2) is 5.78 Å². The zero-order valence-corrected chi connectivity index (χ0v) is 14.7. The standard InChI is InChI=1S/C19H22N2O5/c1-3-26-16-6-4-13(5-7-16)8-15(19(24)25)11-21-18(23)17-9-14(10-20-17)12(2)22/h4-7,9-10,15,20H,3,8,11H2,1-2H3,(H,21,23)(H,24,25). The normalized spacial score (nSPS) is 11.6. The molecule has 2 rings (SSSR count). The third kappa shape index (κ3) is 5.20. The smallest absolute Gasteiger partial charge is 0.308 e. The number of aromatic amines is 1. The second-order valence-corrected chi connectivity index (χ2v) is 5.88. The number of aliphatic carboxylic acids is 1. The van der Waals surface area contributed by atoms with Gasteiger partial charge in [-0.1, -0.05) is 12.1 Å². The molecule has 0 aliphatic carbocycles. The van der Waals surface area contributed by atoms with Crippen molar-refractivity contribution < 1.29 is 24.2 Å². The Kier molecular flexibility index (Phi) is 6.54. The molecule has 1 aromatic heterocycles. The quantitative estimate of drug-likeness (QED) is 0.596. The number of benzene rings is 1. The van der Waals surface area contributed by atoms with Gasteiger partial charge in [-0.2, -0.15) is 0 Å². The van der Waals surface area contributed by atoms with Crippen LogP contribution in [0.25, 0.3) is 0 Å². The molecule has 1 atom stereocenters. The van der Waals surface area contributed by atoms with Crippen LogP contribution in [0.4, 0.5) is 0 Å². The van der Waals surface area contributed by atoms with Crippen molar-refractivity contribution in [3.63, 3.8) is 0 Å². The lowest BCUT2D eigenvalue weighted by atomic mass is 9.99. The Morgan fingerprint density at radius 3 is 2.46 bits per heavy atom. The van der Waals surface area contributed by atoms with Gasteiger partial charge in [-0.05, 0) is 44.0 Å². The van der Waals surface area contributed by atoms with Gasteiger partial charge >= 0.3 is 5.97 Å². The van der Waals surface area contributed by atoms with Gasteiger partial charge in [0, 0.05) is 18.3 Å². The van der Waals surface area contributed by atoms with Crippen LogP contribution in [-0.2, 0) is 11.2 Å². The van der Waals surface area contributed by atoms with Crippen molar-refractivity contribution in [2.45, 2.75) is 20.3 Å². The number of ketones is 1. The highest BCUT2D eigenvalue weighted by Crippen LogP contribution is 2.15. The molecule has 0 aliphatic heterocycles. The molecule has 1 aromatic carbocycles. The summed E-state index contributed by atoms with van der Waals surface area (Å²) in [6.45, 7) is 3.84. The van der Waals surface area contributed by atoms with Gasteiger partial charge in [-0.15, -0.1) is 0 Å². The van der Waals surface area contributed by atoms with E-state index in [0.717, 1.165) is 11.3 Å². The van der Waals surface area contributed by atoms with Crippen LogP contribution in [0.2, 0.25) is 0 Å². The van der Waals surface area contributed by atoms with Crippen molar-refractivity contribution in [1.29, 1.82) is 0 Å². The van der Waals surface area contributed by atoms with Gasteiger partial charge < -0.3 is 20.1 Å². The van der Waals surface area contributed by atoms with E-state index in [1.165, 1.54) is 19.2 Å². The largest absolute Gasteiger partial charge is 0.494 e. The summed E-state index contributed by atoms with van der Waals surface area (Å²) in [7, 11) is 0. The molecule has 2 aromatic rings. The molecular weight excluding hydrogens is 336 g/mol. The van der Waals surface area contributed by atoms with Crippen LogP contribution >= 0.6 is 0 Å². The van der Waals surface area contributed by atoms with Gasteiger partial charge in [-0.3, -0.25) is 14.4 Å². The Hall–Kier alpha value is -3.09. The molecule has 0 spiro atoms. The lowest BCUT2D eigenvalue weighted by Crippen LogP contribution is -2.34. The summed E-state index contributed by atoms with van der Waals surface area (Å²) in [4.78, 5) is 37.6. The Morgan fingerprint density at radius 1 is 1.23 bits per heavy atom. The second-order valence-electron chi connectivity index (χ2n) is 5.88. The first kappa shape index (κ1) is 19.2. The highest BCUT2D eigenvalue weighted by atomic mass is 16.5. The van der Waals surface area contributed by atoms with Crippen molar-refractivity contribution in [2.24, 2.45) is 5.92 Å². The van der Waals surface area contributed by atoms with Crippen molar-refractivity contribution in [3.05, 3.63) is 53.3 Å². The number of amides is 1. The van der Waals surface area contributed by atoms with Crippen molar-refractivity contribution in [3.8, 4) is 5.75 Å². The molecule has 1 heterocycles. The number of ether oxygens (including phenoxy) is 1. The predicted octanol–water partition coefficient (Wildman–Crippen LogP) is 2.29. The van der Waals surface area contributed by atoms with Gasteiger partial charge in [0.05, 0.1) is 12.5 Å². The van der Waals surface area contributed by atoms with E-state index < -0.39 is 17.8 Å². The second kappa shape index (κ2) is 8.84. The average Bonchev–Trinajstić information content (AvgIpc) is 3.10. The molecule has 0 aliphatic rings. The van der Waals surface area contributed by atoms with Gasteiger partial charge in [0.25, 0.3) is 5.91 Å². The molecule has 0 radical (unpaired) electrons. The maximum atomic E-state index is 12.1. The van der Waals surface area contributed by atoms with Crippen LogP contribution in [0.15, 0.2) is 36.5 Å². The minimum Gasteiger partial charge on any atom is -0.494 e. The summed E-state index contributed by atoms with van der Waals surface area (Å²) in [6.07, 6.45) is 1.73. The fraction of sp³-hybridized carbons (Fsp3) is 0.316. The first-order chi connectivity index (χ1) is 12.4. The minimum atomic E-state index is -0.991. The minimum absolute atomic E-state index is 0.0181. The molecule has 3 N–H and O–H groups in total. The molecule has 138 valence electrons. The third-order valence-electron chi connectivity index (χ3n) is 3.91. The fourth-order valence-corrected chi connectivity index (χ4v) is 2.46. The number of carboxylic acids is 1. The number of hydrogen-bond donors (Lipinski definition) is 3. The van der Waals surface area contributed by atoms with Gasteiger partial charge in [-0.25, -0.2) is 0 Å². The molecular formula is C19H22N2O5. The number of hydrogen-bond acceptors (Lipinski definition) is 4. The molecule has 7 nitrogen and oxygen atoms in total. The maximum absolute atomic E-state index is 12.1. The summed E-state index contributed by atoms with van der Waals surface area (Å²) >= 11 is 0. The number of rotatable bonds is 9. The average molecular weight is 358 g/mol. The van der Waals surface area contributed by atoms with Gasteiger partial charge in [0.1, 0.15) is 11.4 Å². The summed E-state index contributed by atoms with van der Waals surface area (Å²) in [5.41, 5.74) is 1.47. The molecule has 7 heteroatoms. The molecule has 1 amide bonds. The van der Waals surface area contributed by atoms with Gasteiger partial charge in [0.2, 0.25) is 0 Å². The number of carbonyl (C=O) groups excluding carboxylic acids is 2. The van der Waals surface area contributed by atoms with Crippen molar-refractivity contribution >= 4 is 17.7 Å². The number of nitrogens with one attached hydrogen (secondary N) is 2. The van der Waals surface area contributed by atoms with E-state index in [2.05, 4.69) is 10.3 Å². The molecule has 1 unspecified atom stereocenters. The van der Waals surface area contributed by atoms with E-state index in [9.17, 15) is 19.5 Å². The zero-order chi connectivity index (χ0) is 19.1. The van der Waals surface area contributed by atoms with E-state index in [1.54, 1.807) is 12.1 Å². The fourth-order valence-electron chi connectivity index (χ4n) is 2.46. The molecule has 0 bridgehead atoms. The first-order valence-electron chi connectivity index (χ1n) is 8.32. The van der Waals surface area contributed by atoms with E-state index >= 15 is 0 Å². The van der Waals surface area contributed by atoms with Crippen molar-refractivity contribution in [1.82, 2.24) is 10.3 Å². The Bertz CT molecular complexity index is 779. The van der Waals surface area contributed by atoms with E-state index in [0.29, 0.717) is 12.2 Å². The molecule has 0 saturated carbocycles. The first-order valence-corrected chi connectivity index (χ1v) is 8.32. The van der Waals surface area contributed by atoms with Crippen LogP contribution < -0.4 is 10.1 Å². The summed E-state index contributed by atoms with van der Waals surface area (Å²) in [6, 6.07) is 8.65. The summed E-state index contributed by atoms with van der Waals surface area (Å²) in [5, 5.41) is 12.0. The maximum Gasteiger partial charge on any atom is 0.308 e. The Morgan fingerprint density at radius 2 is 1.92 bits per heavy atom. The monoisotopic (exact) mass is 358 g/mol. The Balaban J connectivity index is 1.95. The predicted molar refractivity (Wildman–Crippen MR) is 95.6 cm³/mol. The lowest BCUT2D eigenvalue weighted by Gasteiger charge is -2.13. The van der Waals surface area contributed by atoms with E-state index in [-0.39, 0.29) is 24.4 Å². The van der Waals surface area contributed by atoms with Crippen LogP contribution in [0.5, 0.6) is 5.75 Å². The third-order valence-corrected chi connectivity index (χ3v) is 3.91. The number of Topliss-reactive ketones (excluding diaryl/α,β-unsaturated/α-hetero) is 1. The van der Waals surface area contributed by atoms with Crippen LogP contribution in [0, 0.1) is 5.92 Å². The van der Waals surface area contributed by atoms with E-state index in [1.807, 2.05) is 19.1 Å². The van der Waals surface area contributed by atoms with Crippen LogP contribution in [0.1, 0.15) is 40.3 Å². The van der Waals surface area contributed by atoms with Crippen LogP contribution in [0.3, 0.4) is 0 Å². The zero-order valence-electron chi connectivity index (χ0n) is 14.7. The lowest BCUT2D eigenvalue weighted by molar-refractivity contribution is -0.141. The highest BCUT2D eigenvalue weighted by molar-refractivity contribution is 5.99. The molecule has 0 saturated heterocycles. The number of carbonyl (C=O) groups is 3. The number of H-pyrrole nitrogens is 1. The SMILES string of the molecule is CCOc1ccc(CC(CNC(=O)c2cc(C(C)=O)c[nH]2)C(=O)O)cc1. The number of aromatic nitrogens is 1. The van der Waals surface area contributed by atoms with E-state index in [4.69, 9.17) is 4.74 Å². The molecule has 26 heavy (non-hydrogen) atoms. The highest BCUT2D eigenvalue weighted by Gasteiger charge is 2.20.